The molecule has 17 nitrogen and oxygen atoms in total. The number of fused-ring (bicyclic) bond motifs is 1. The number of aromatic hydroxyl groups is 2. The van der Waals surface area contributed by atoms with E-state index in [4.69, 9.17) is 11.5 Å². The predicted molar refractivity (Wildman–Crippen MR) is 221 cm³/mol. The van der Waals surface area contributed by atoms with Crippen molar-refractivity contribution in [2.45, 2.75) is 68.4 Å². The van der Waals surface area contributed by atoms with Crippen LogP contribution in [-0.2, 0) is 52.8 Å². The quantitative estimate of drug-likeness (QED) is 0.122. The maximum absolute atomic E-state index is 14.1. The van der Waals surface area contributed by atoms with Gasteiger partial charge in [0, 0.05) is 30.9 Å². The second-order valence-electron chi connectivity index (χ2n) is 14.2. The minimum absolute atomic E-state index is 0.0000732. The third-order valence-corrected chi connectivity index (χ3v) is 12.2. The van der Waals surface area contributed by atoms with Crippen LogP contribution < -0.4 is 38.1 Å². The van der Waals surface area contributed by atoms with E-state index in [2.05, 4.69) is 26.6 Å². The molecule has 0 radical (unpaired) electrons. The van der Waals surface area contributed by atoms with Gasteiger partial charge in [0.2, 0.25) is 41.4 Å². The molecule has 0 unspecified atom stereocenters. The lowest BCUT2D eigenvalue weighted by atomic mass is 10.0. The van der Waals surface area contributed by atoms with Gasteiger partial charge in [-0.15, -0.1) is 0 Å². The van der Waals surface area contributed by atoms with Crippen LogP contribution in [-0.4, -0.2) is 117 Å². The minimum atomic E-state index is -1.24. The molecule has 11 N–H and O–H groups in total. The number of carbonyl (C=O) groups is 7. The van der Waals surface area contributed by atoms with Crippen LogP contribution in [0.15, 0.2) is 78.9 Å². The summed E-state index contributed by atoms with van der Waals surface area (Å²) in [5.74, 6) is -4.92. The molecule has 0 aromatic heterocycles. The molecule has 0 saturated carbocycles. The summed E-state index contributed by atoms with van der Waals surface area (Å²) in [6.07, 6.45) is 0.848. The first-order valence-corrected chi connectivity index (χ1v) is 21.4. The number of phenolic OH excluding ortho intramolecular Hbond substituents is 2. The molecule has 2 heterocycles. The lowest BCUT2D eigenvalue weighted by molar-refractivity contribution is -0.142. The summed E-state index contributed by atoms with van der Waals surface area (Å²) in [6, 6.07) is 14.1. The normalized spacial score (nSPS) is 23.1. The van der Waals surface area contributed by atoms with E-state index in [-0.39, 0.29) is 55.2 Å². The van der Waals surface area contributed by atoms with E-state index in [1.807, 2.05) is 0 Å². The lowest BCUT2D eigenvalue weighted by Crippen LogP contribution is -2.59. The first-order chi connectivity index (χ1) is 28.3. The highest BCUT2D eigenvalue weighted by molar-refractivity contribution is 8.76. The Hall–Kier alpha value is -5.79. The standard InChI is InChI=1S/C40H48N8O9S2/c41-28(17-24-8-12-26(49)13-9-24)36(53)47-32-22-59-58-21-31(35(42)52)46-39(56)33-7-4-16-48(33)40(57)30(19-25-10-14-27(50)15-11-25)44-34(51)20-43-37(54)29(45-38(32)55)18-23-5-2-1-3-6-23/h1-3,5-6,8-15,28-33,49-50H,4,7,16-22,41H2,(H2,42,52)(H,43,54)(H,44,51)(H,45,55)(H,46,56)(H,47,53)/t28-,29-,30-,31-,32-,33-/m0/s1. The van der Waals surface area contributed by atoms with E-state index in [1.54, 1.807) is 54.6 Å². The number of nitrogens with two attached hydrogens (primary N) is 2. The van der Waals surface area contributed by atoms with Gasteiger partial charge in [-0.2, -0.15) is 0 Å². The molecule has 7 amide bonds. The van der Waals surface area contributed by atoms with Gasteiger partial charge >= 0.3 is 0 Å². The number of benzene rings is 3. The van der Waals surface area contributed by atoms with Crippen molar-refractivity contribution >= 4 is 62.9 Å². The zero-order valence-electron chi connectivity index (χ0n) is 32.0. The molecule has 2 saturated heterocycles. The Bertz CT molecular complexity index is 1970. The predicted octanol–water partition coefficient (Wildman–Crippen LogP) is -0.620. The van der Waals surface area contributed by atoms with Crippen LogP contribution in [0.25, 0.3) is 0 Å². The van der Waals surface area contributed by atoms with Crippen LogP contribution >= 0.6 is 21.6 Å². The van der Waals surface area contributed by atoms with Gasteiger partial charge in [0.15, 0.2) is 0 Å². The highest BCUT2D eigenvalue weighted by Crippen LogP contribution is 2.25. The van der Waals surface area contributed by atoms with Crippen LogP contribution in [0.5, 0.6) is 11.5 Å². The molecule has 3 aromatic rings. The SMILES string of the molecule is NC(=O)[C@@H]1CSSC[C@H](NC(=O)[C@@H](N)Cc2ccc(O)cc2)C(=O)N[C@@H](Cc2ccccc2)C(=O)NCC(=O)N[C@@H](Cc2ccc(O)cc2)C(=O)N2CCC[C@H]2C(=O)N1. The van der Waals surface area contributed by atoms with Gasteiger partial charge in [0.05, 0.1) is 12.6 Å². The summed E-state index contributed by atoms with van der Waals surface area (Å²) in [7, 11) is 2.21. The van der Waals surface area contributed by atoms with E-state index < -0.39 is 84.1 Å². The van der Waals surface area contributed by atoms with Gasteiger partial charge in [-0.3, -0.25) is 33.6 Å². The number of rotatable bonds is 9. The smallest absolute Gasteiger partial charge is 0.246 e. The summed E-state index contributed by atoms with van der Waals surface area (Å²) < 4.78 is 0. The maximum atomic E-state index is 14.1. The van der Waals surface area contributed by atoms with Crippen LogP contribution in [0.2, 0.25) is 0 Å². The molecule has 0 bridgehead atoms. The first kappa shape index (κ1) is 44.3. The number of hydrogen-bond donors (Lipinski definition) is 9. The van der Waals surface area contributed by atoms with Crippen LogP contribution in [0.3, 0.4) is 0 Å². The monoisotopic (exact) mass is 848 g/mol. The topological polar surface area (TPSA) is 275 Å². The molecule has 0 spiro atoms. The molecule has 6 atom stereocenters. The molecule has 2 aliphatic rings. The highest BCUT2D eigenvalue weighted by atomic mass is 33.1. The average Bonchev–Trinajstić information content (AvgIpc) is 3.71. The molecule has 0 aliphatic carbocycles. The van der Waals surface area contributed by atoms with E-state index >= 15 is 0 Å². The molecule has 314 valence electrons. The van der Waals surface area contributed by atoms with E-state index in [0.717, 1.165) is 21.6 Å². The molecule has 2 aliphatic heterocycles. The van der Waals surface area contributed by atoms with Gasteiger partial charge < -0.3 is 53.2 Å². The number of carbonyl (C=O) groups excluding carboxylic acids is 7. The fourth-order valence-corrected chi connectivity index (χ4v) is 8.91. The Morgan fingerprint density at radius 2 is 1.37 bits per heavy atom. The van der Waals surface area contributed by atoms with Crippen molar-refractivity contribution in [2.75, 3.05) is 24.6 Å². The zero-order chi connectivity index (χ0) is 42.5. The second kappa shape index (κ2) is 21.3. The molecule has 19 heteroatoms. The van der Waals surface area contributed by atoms with Crippen molar-refractivity contribution in [2.24, 2.45) is 11.5 Å². The maximum Gasteiger partial charge on any atom is 0.246 e. The molecule has 59 heavy (non-hydrogen) atoms. The van der Waals surface area contributed by atoms with Crippen molar-refractivity contribution in [1.29, 1.82) is 0 Å². The number of amides is 7. The number of nitrogens with one attached hydrogen (secondary N) is 5. The van der Waals surface area contributed by atoms with Gasteiger partial charge in [-0.1, -0.05) is 76.2 Å². The van der Waals surface area contributed by atoms with Crippen LogP contribution in [0, 0.1) is 0 Å². The molecule has 5 rings (SSSR count). The fourth-order valence-electron chi connectivity index (χ4n) is 6.57. The minimum Gasteiger partial charge on any atom is -0.508 e. The Kier molecular flexibility index (Phi) is 16.0. The van der Waals surface area contributed by atoms with Crippen LogP contribution in [0.4, 0.5) is 0 Å². The molecule has 3 aromatic carbocycles. The molecular weight excluding hydrogens is 801 g/mol. The van der Waals surface area contributed by atoms with E-state index in [9.17, 15) is 43.8 Å². The first-order valence-electron chi connectivity index (χ1n) is 18.9. The number of phenols is 2. The van der Waals surface area contributed by atoms with E-state index in [1.165, 1.54) is 29.2 Å². The second-order valence-corrected chi connectivity index (χ2v) is 16.8. The van der Waals surface area contributed by atoms with Crippen molar-refractivity contribution in [1.82, 2.24) is 31.5 Å². The van der Waals surface area contributed by atoms with Gasteiger partial charge in [0.1, 0.15) is 41.7 Å². The third-order valence-electron chi connectivity index (χ3n) is 9.76. The zero-order valence-corrected chi connectivity index (χ0v) is 33.6. The Labute approximate surface area is 348 Å². The summed E-state index contributed by atoms with van der Waals surface area (Å²) in [5.41, 5.74) is 13.9. The van der Waals surface area contributed by atoms with Crippen molar-refractivity contribution in [3.63, 3.8) is 0 Å². The van der Waals surface area contributed by atoms with Crippen molar-refractivity contribution in [3.8, 4) is 11.5 Å². The number of primary amides is 1. The average molecular weight is 849 g/mol. The highest BCUT2D eigenvalue weighted by Gasteiger charge is 2.39. The number of nitrogens with zero attached hydrogens (tertiary/aromatic N) is 1. The largest absolute Gasteiger partial charge is 0.508 e. The Morgan fingerprint density at radius 1 is 0.763 bits per heavy atom. The lowest BCUT2D eigenvalue weighted by Gasteiger charge is -2.30. The summed E-state index contributed by atoms with van der Waals surface area (Å²) in [4.78, 5) is 96.2. The summed E-state index contributed by atoms with van der Waals surface area (Å²) in [6.45, 7) is -0.379. The summed E-state index contributed by atoms with van der Waals surface area (Å²) >= 11 is 0. The molecular formula is C40H48N8O9S2. The van der Waals surface area contributed by atoms with Gasteiger partial charge in [-0.05, 0) is 60.2 Å². The third kappa shape index (κ3) is 13.1. The Balaban J connectivity index is 1.41. The van der Waals surface area contributed by atoms with Gasteiger partial charge in [-0.25, -0.2) is 0 Å². The fraction of sp³-hybridized carbons (Fsp3) is 0.375. The Morgan fingerprint density at radius 3 is 2.03 bits per heavy atom. The van der Waals surface area contributed by atoms with Gasteiger partial charge in [0.25, 0.3) is 0 Å². The van der Waals surface area contributed by atoms with Crippen molar-refractivity contribution < 1.29 is 43.8 Å². The van der Waals surface area contributed by atoms with Crippen molar-refractivity contribution in [3.05, 3.63) is 95.6 Å². The van der Waals surface area contributed by atoms with Crippen LogP contribution in [0.1, 0.15) is 29.5 Å². The number of hydrogen-bond acceptors (Lipinski definition) is 12. The van der Waals surface area contributed by atoms with E-state index in [0.29, 0.717) is 23.1 Å². The summed E-state index contributed by atoms with van der Waals surface area (Å²) in [5, 5.41) is 32.7. The molecule has 2 fully saturated rings.